The molecule has 0 saturated carbocycles. The van der Waals surface area contributed by atoms with E-state index in [1.165, 1.54) is 11.3 Å². The van der Waals surface area contributed by atoms with Gasteiger partial charge in [-0.25, -0.2) is 4.98 Å². The molecule has 0 bridgehead atoms. The highest BCUT2D eigenvalue weighted by molar-refractivity contribution is 7.17. The zero-order valence-corrected chi connectivity index (χ0v) is 17.6. The first-order valence-corrected chi connectivity index (χ1v) is 10.3. The second kappa shape index (κ2) is 10.5. The summed E-state index contributed by atoms with van der Waals surface area (Å²) >= 11 is 1.27. The molecule has 2 N–H and O–H groups in total. The first-order valence-electron chi connectivity index (χ1n) is 9.53. The van der Waals surface area contributed by atoms with Crippen molar-refractivity contribution in [2.24, 2.45) is 0 Å². The number of hydrazine groups is 1. The summed E-state index contributed by atoms with van der Waals surface area (Å²) in [5.74, 6) is -0.472. The van der Waals surface area contributed by atoms with Gasteiger partial charge in [-0.3, -0.25) is 20.4 Å². The molecule has 3 aromatic rings. The maximum Gasteiger partial charge on any atom is 0.281 e. The van der Waals surface area contributed by atoms with E-state index in [4.69, 9.17) is 9.47 Å². The van der Waals surface area contributed by atoms with Crippen LogP contribution < -0.4 is 15.6 Å². The van der Waals surface area contributed by atoms with Crippen LogP contribution in [0, 0.1) is 6.92 Å². The molecule has 8 heteroatoms. The van der Waals surface area contributed by atoms with E-state index in [2.05, 4.69) is 15.8 Å². The number of aromatic nitrogens is 1. The largest absolute Gasteiger partial charge is 0.490 e. The van der Waals surface area contributed by atoms with E-state index in [-0.39, 0.29) is 0 Å². The summed E-state index contributed by atoms with van der Waals surface area (Å²) < 4.78 is 10.9. The van der Waals surface area contributed by atoms with Gasteiger partial charge < -0.3 is 9.47 Å². The van der Waals surface area contributed by atoms with Gasteiger partial charge in [0.15, 0.2) is 0 Å². The number of hydrogen-bond acceptors (Lipinski definition) is 6. The number of rotatable bonds is 8. The lowest BCUT2D eigenvalue weighted by Crippen LogP contribution is -2.41. The average molecular weight is 426 g/mol. The number of benzene rings is 2. The fraction of sp³-hybridized carbons (Fsp3) is 0.227. The van der Waals surface area contributed by atoms with Gasteiger partial charge in [-0.15, -0.1) is 11.3 Å². The van der Waals surface area contributed by atoms with Crippen molar-refractivity contribution in [2.75, 3.05) is 19.8 Å². The summed E-state index contributed by atoms with van der Waals surface area (Å²) in [6, 6.07) is 16.5. The lowest BCUT2D eigenvalue weighted by atomic mass is 10.2. The lowest BCUT2D eigenvalue weighted by Gasteiger charge is -2.12. The highest BCUT2D eigenvalue weighted by atomic mass is 32.1. The van der Waals surface area contributed by atoms with Crippen molar-refractivity contribution in [2.45, 2.75) is 13.8 Å². The van der Waals surface area contributed by atoms with E-state index in [0.29, 0.717) is 41.7 Å². The highest BCUT2D eigenvalue weighted by Gasteiger charge is 2.18. The standard InChI is InChI=1S/C22H23N3O4S/c1-3-28-13-14-29-18-12-8-7-11-17(18)20(26)24-25-21(27)19-15(2)23-22(30-19)16-9-5-4-6-10-16/h4-12H,3,13-14H2,1-2H3,(H,24,26)(H,25,27). The average Bonchev–Trinajstić information content (AvgIpc) is 3.17. The number of thiazole rings is 1. The third-order valence-electron chi connectivity index (χ3n) is 4.13. The van der Waals surface area contributed by atoms with Crippen LogP contribution in [0.25, 0.3) is 10.6 Å². The van der Waals surface area contributed by atoms with Gasteiger partial charge in [0.2, 0.25) is 0 Å². The van der Waals surface area contributed by atoms with E-state index in [1.807, 2.05) is 37.3 Å². The molecule has 0 saturated heterocycles. The Hall–Kier alpha value is -3.23. The minimum absolute atomic E-state index is 0.320. The molecule has 2 aromatic carbocycles. The SMILES string of the molecule is CCOCCOc1ccccc1C(=O)NNC(=O)c1sc(-c2ccccc2)nc1C. The van der Waals surface area contributed by atoms with Gasteiger partial charge in [0.25, 0.3) is 11.8 Å². The van der Waals surface area contributed by atoms with Crippen molar-refractivity contribution in [3.05, 3.63) is 70.7 Å². The van der Waals surface area contributed by atoms with Crippen LogP contribution in [0.5, 0.6) is 5.75 Å². The second-order valence-corrected chi connectivity index (χ2v) is 7.25. The number of nitrogens with zero attached hydrogens (tertiary/aromatic N) is 1. The number of aryl methyl sites for hydroxylation is 1. The minimum atomic E-state index is -0.471. The van der Waals surface area contributed by atoms with Crippen LogP contribution in [0.3, 0.4) is 0 Å². The Morgan fingerprint density at radius 1 is 0.967 bits per heavy atom. The van der Waals surface area contributed by atoms with E-state index < -0.39 is 11.8 Å². The Balaban J connectivity index is 1.63. The molecule has 30 heavy (non-hydrogen) atoms. The number of para-hydroxylation sites is 1. The van der Waals surface area contributed by atoms with E-state index >= 15 is 0 Å². The number of amides is 2. The Bertz CT molecular complexity index is 1000. The maximum atomic E-state index is 12.6. The van der Waals surface area contributed by atoms with Crippen LogP contribution in [0.1, 0.15) is 32.6 Å². The second-order valence-electron chi connectivity index (χ2n) is 6.25. The molecule has 0 aliphatic heterocycles. The first-order chi connectivity index (χ1) is 14.6. The molecule has 0 fully saturated rings. The summed E-state index contributed by atoms with van der Waals surface area (Å²) in [4.78, 5) is 30.0. The third kappa shape index (κ3) is 5.43. The molecule has 0 radical (unpaired) electrons. The molecule has 7 nitrogen and oxygen atoms in total. The maximum absolute atomic E-state index is 12.6. The topological polar surface area (TPSA) is 89.5 Å². The Morgan fingerprint density at radius 3 is 2.43 bits per heavy atom. The van der Waals surface area contributed by atoms with Crippen molar-refractivity contribution < 1.29 is 19.1 Å². The molecule has 0 spiro atoms. The van der Waals surface area contributed by atoms with E-state index in [0.717, 1.165) is 10.6 Å². The van der Waals surface area contributed by atoms with Crippen LogP contribution in [0.4, 0.5) is 0 Å². The summed E-state index contributed by atoms with van der Waals surface area (Å²) in [5, 5.41) is 0.748. The fourth-order valence-electron chi connectivity index (χ4n) is 2.68. The predicted octanol–water partition coefficient (Wildman–Crippen LogP) is 3.61. The number of carbonyl (C=O) groups is 2. The van der Waals surface area contributed by atoms with Gasteiger partial charge in [0.05, 0.1) is 17.9 Å². The van der Waals surface area contributed by atoms with Gasteiger partial charge in [0, 0.05) is 12.2 Å². The molecule has 0 atom stereocenters. The number of nitrogens with one attached hydrogen (secondary N) is 2. The highest BCUT2D eigenvalue weighted by Crippen LogP contribution is 2.27. The van der Waals surface area contributed by atoms with Crippen molar-refractivity contribution in [1.82, 2.24) is 15.8 Å². The van der Waals surface area contributed by atoms with Crippen molar-refractivity contribution in [1.29, 1.82) is 0 Å². The normalized spacial score (nSPS) is 10.5. The molecular formula is C22H23N3O4S. The smallest absolute Gasteiger partial charge is 0.281 e. The van der Waals surface area contributed by atoms with Crippen LogP contribution in [-0.2, 0) is 4.74 Å². The fourth-order valence-corrected chi connectivity index (χ4v) is 3.65. The molecular weight excluding hydrogens is 402 g/mol. The number of ether oxygens (including phenoxy) is 2. The summed E-state index contributed by atoms with van der Waals surface area (Å²) in [5.41, 5.74) is 6.76. The number of carbonyl (C=O) groups excluding carboxylic acids is 2. The van der Waals surface area contributed by atoms with Gasteiger partial charge in [0.1, 0.15) is 22.2 Å². The summed E-state index contributed by atoms with van der Waals surface area (Å²) in [7, 11) is 0. The lowest BCUT2D eigenvalue weighted by molar-refractivity contribution is 0.0842. The molecule has 0 aliphatic rings. The molecule has 0 unspecified atom stereocenters. The van der Waals surface area contributed by atoms with Gasteiger partial charge in [-0.2, -0.15) is 0 Å². The zero-order chi connectivity index (χ0) is 21.3. The zero-order valence-electron chi connectivity index (χ0n) is 16.8. The minimum Gasteiger partial charge on any atom is -0.490 e. The van der Waals surface area contributed by atoms with Crippen molar-refractivity contribution in [3.8, 4) is 16.3 Å². The third-order valence-corrected chi connectivity index (χ3v) is 5.34. The first kappa shape index (κ1) is 21.5. The van der Waals surface area contributed by atoms with E-state index in [9.17, 15) is 9.59 Å². The molecule has 1 aromatic heterocycles. The molecule has 3 rings (SSSR count). The Kier molecular flexibility index (Phi) is 7.53. The van der Waals surface area contributed by atoms with Crippen LogP contribution in [0.15, 0.2) is 54.6 Å². The quantitative estimate of drug-likeness (QED) is 0.425. The summed E-state index contributed by atoms with van der Waals surface area (Å²) in [6.45, 7) is 5.02. The van der Waals surface area contributed by atoms with Crippen molar-refractivity contribution in [3.63, 3.8) is 0 Å². The Labute approximate surface area is 179 Å². The van der Waals surface area contributed by atoms with Gasteiger partial charge in [-0.1, -0.05) is 42.5 Å². The molecule has 2 amide bonds. The van der Waals surface area contributed by atoms with E-state index in [1.54, 1.807) is 31.2 Å². The molecule has 0 aliphatic carbocycles. The monoisotopic (exact) mass is 425 g/mol. The predicted molar refractivity (Wildman–Crippen MR) is 116 cm³/mol. The summed E-state index contributed by atoms with van der Waals surface area (Å²) in [6.07, 6.45) is 0. The van der Waals surface area contributed by atoms with Gasteiger partial charge >= 0.3 is 0 Å². The van der Waals surface area contributed by atoms with Gasteiger partial charge in [-0.05, 0) is 26.0 Å². The molecule has 1 heterocycles. The number of hydrogen-bond donors (Lipinski definition) is 2. The Morgan fingerprint density at radius 2 is 1.67 bits per heavy atom. The van der Waals surface area contributed by atoms with Crippen LogP contribution >= 0.6 is 11.3 Å². The van der Waals surface area contributed by atoms with Crippen LogP contribution in [0.2, 0.25) is 0 Å². The van der Waals surface area contributed by atoms with Crippen molar-refractivity contribution >= 4 is 23.2 Å². The molecule has 156 valence electrons. The van der Waals surface area contributed by atoms with Crippen LogP contribution in [-0.4, -0.2) is 36.6 Å².